The molecule has 0 aromatic carbocycles. The number of phosphoric acid groups is 2. The number of hydrogen-bond donors (Lipinski definition) is 3. The lowest BCUT2D eigenvalue weighted by Gasteiger charge is -2.21. The van der Waals surface area contributed by atoms with Crippen molar-refractivity contribution >= 4 is 39.5 Å². The molecule has 0 spiro atoms. The first-order chi connectivity index (χ1) is 39.0. The van der Waals surface area contributed by atoms with Gasteiger partial charge in [-0.2, -0.15) is 0 Å². The van der Waals surface area contributed by atoms with Crippen molar-refractivity contribution in [3.63, 3.8) is 0 Å². The number of phosphoric ester groups is 2. The van der Waals surface area contributed by atoms with E-state index in [9.17, 15) is 43.2 Å². The first-order valence-corrected chi connectivity index (χ1v) is 35.6. The van der Waals surface area contributed by atoms with Gasteiger partial charge in [0.25, 0.3) is 0 Å². The molecular weight excluding hydrogens is 1080 g/mol. The van der Waals surface area contributed by atoms with Crippen LogP contribution in [-0.2, 0) is 65.4 Å². The van der Waals surface area contributed by atoms with Gasteiger partial charge in [0.05, 0.1) is 26.4 Å². The Kier molecular flexibility index (Phi) is 54.6. The molecule has 81 heavy (non-hydrogen) atoms. The molecule has 17 nitrogen and oxygen atoms in total. The first kappa shape index (κ1) is 79.1. The zero-order chi connectivity index (χ0) is 59.9. The molecule has 0 amide bonds. The average molecular weight is 1200 g/mol. The number of carbonyl (C=O) groups is 4. The maximum absolute atomic E-state index is 13.0. The molecule has 5 atom stereocenters. The Morgan fingerprint density at radius 2 is 0.568 bits per heavy atom. The van der Waals surface area contributed by atoms with Gasteiger partial charge < -0.3 is 33.8 Å². The Hall–Kier alpha value is -1.94. The third-order valence-electron chi connectivity index (χ3n) is 14.3. The number of aliphatic hydroxyl groups excluding tert-OH is 1. The molecule has 0 aromatic rings. The van der Waals surface area contributed by atoms with Gasteiger partial charge in [-0.1, -0.05) is 259 Å². The second-order valence-corrected chi connectivity index (χ2v) is 25.8. The summed E-state index contributed by atoms with van der Waals surface area (Å²) in [4.78, 5) is 71.9. The van der Waals surface area contributed by atoms with Gasteiger partial charge in [-0.3, -0.25) is 37.3 Å². The van der Waals surface area contributed by atoms with Crippen LogP contribution in [0.1, 0.15) is 311 Å². The van der Waals surface area contributed by atoms with Crippen molar-refractivity contribution in [2.45, 2.75) is 329 Å². The van der Waals surface area contributed by atoms with Crippen molar-refractivity contribution in [2.75, 3.05) is 39.6 Å². The van der Waals surface area contributed by atoms with Gasteiger partial charge in [0.1, 0.15) is 19.3 Å². The summed E-state index contributed by atoms with van der Waals surface area (Å²) in [5.74, 6) is -1.38. The molecule has 480 valence electrons. The first-order valence-electron chi connectivity index (χ1n) is 32.6. The summed E-state index contributed by atoms with van der Waals surface area (Å²) in [7, 11) is -9.87. The third kappa shape index (κ3) is 56.9. The minimum atomic E-state index is -4.94. The maximum atomic E-state index is 13.0. The summed E-state index contributed by atoms with van der Waals surface area (Å²) in [5.41, 5.74) is 0. The van der Waals surface area contributed by atoms with Crippen LogP contribution in [-0.4, -0.2) is 96.7 Å². The van der Waals surface area contributed by atoms with Gasteiger partial charge >= 0.3 is 39.5 Å². The molecule has 0 saturated carbocycles. The molecule has 0 aromatic heterocycles. The van der Waals surface area contributed by atoms with Gasteiger partial charge in [-0.25, -0.2) is 9.13 Å². The maximum Gasteiger partial charge on any atom is 0.472 e. The van der Waals surface area contributed by atoms with E-state index in [2.05, 4.69) is 34.6 Å². The van der Waals surface area contributed by atoms with Crippen LogP contribution in [0.2, 0.25) is 0 Å². The minimum Gasteiger partial charge on any atom is -0.462 e. The Morgan fingerprint density at radius 3 is 0.840 bits per heavy atom. The van der Waals surface area contributed by atoms with Crippen LogP contribution in [0.15, 0.2) is 0 Å². The van der Waals surface area contributed by atoms with Crippen molar-refractivity contribution in [1.82, 2.24) is 0 Å². The fraction of sp³-hybridized carbons (Fsp3) is 0.935. The zero-order valence-corrected chi connectivity index (χ0v) is 53.7. The van der Waals surface area contributed by atoms with E-state index in [1.807, 2.05) is 0 Å². The fourth-order valence-electron chi connectivity index (χ4n) is 9.23. The Bertz CT molecular complexity index is 1580. The number of unbranched alkanes of at least 4 members (excludes halogenated alkanes) is 34. The molecule has 19 heteroatoms. The molecule has 0 fully saturated rings. The van der Waals surface area contributed by atoms with Crippen molar-refractivity contribution in [1.29, 1.82) is 0 Å². The molecule has 0 radical (unpaired) electrons. The summed E-state index contributed by atoms with van der Waals surface area (Å²) >= 11 is 0. The monoisotopic (exact) mass is 1200 g/mol. The van der Waals surface area contributed by atoms with Gasteiger partial charge in [0.15, 0.2) is 12.2 Å². The molecule has 0 rings (SSSR count). The van der Waals surface area contributed by atoms with E-state index in [0.717, 1.165) is 121 Å². The smallest absolute Gasteiger partial charge is 0.462 e. The second kappa shape index (κ2) is 55.9. The summed E-state index contributed by atoms with van der Waals surface area (Å²) in [6.07, 6.45) is 39.1. The van der Waals surface area contributed by atoms with Crippen LogP contribution in [0.3, 0.4) is 0 Å². The third-order valence-corrected chi connectivity index (χ3v) is 16.2. The fourth-order valence-corrected chi connectivity index (χ4v) is 10.8. The van der Waals surface area contributed by atoms with E-state index in [4.69, 9.17) is 37.0 Å². The standard InChI is InChI=1S/C62H120O17P2/c1-6-9-12-15-18-19-20-21-24-27-32-36-41-46-60(65)73-52-58(79-62(67)48-43-38-33-28-25-22-23-26-31-34-39-44-55(4)5)54-77-81(70,71)75-50-56(63)49-74-80(68,69)76-53-57(78-61(66)47-42-37-30-17-14-11-8-3)51-72-59(64)45-40-35-29-16-13-10-7-2/h55-58,63H,6-54H2,1-5H3,(H,68,69)(H,70,71)/t56-,57+,58+/m0/s1. The van der Waals surface area contributed by atoms with E-state index in [1.54, 1.807) is 0 Å². The van der Waals surface area contributed by atoms with Gasteiger partial charge in [0, 0.05) is 25.7 Å². The Morgan fingerprint density at radius 1 is 0.333 bits per heavy atom. The summed E-state index contributed by atoms with van der Waals surface area (Å²) in [6, 6.07) is 0. The number of hydrogen-bond acceptors (Lipinski definition) is 15. The number of carbonyl (C=O) groups excluding carboxylic acids is 4. The summed E-state index contributed by atoms with van der Waals surface area (Å²) < 4.78 is 67.7. The molecule has 0 aliphatic heterocycles. The lowest BCUT2D eigenvalue weighted by molar-refractivity contribution is -0.161. The Balaban J connectivity index is 5.18. The van der Waals surface area contributed by atoms with Crippen LogP contribution in [0.4, 0.5) is 0 Å². The number of ether oxygens (including phenoxy) is 4. The van der Waals surface area contributed by atoms with Crippen molar-refractivity contribution in [3.8, 4) is 0 Å². The van der Waals surface area contributed by atoms with E-state index in [0.29, 0.717) is 25.7 Å². The lowest BCUT2D eigenvalue weighted by Crippen LogP contribution is -2.30. The number of aliphatic hydroxyl groups is 1. The molecule has 0 aliphatic carbocycles. The van der Waals surface area contributed by atoms with E-state index in [-0.39, 0.29) is 25.7 Å². The minimum absolute atomic E-state index is 0.103. The number of esters is 4. The van der Waals surface area contributed by atoms with Crippen LogP contribution in [0.25, 0.3) is 0 Å². The van der Waals surface area contributed by atoms with Crippen LogP contribution < -0.4 is 0 Å². The predicted molar refractivity (Wildman–Crippen MR) is 322 cm³/mol. The van der Waals surface area contributed by atoms with E-state index in [1.165, 1.54) is 109 Å². The van der Waals surface area contributed by atoms with E-state index >= 15 is 0 Å². The highest BCUT2D eigenvalue weighted by atomic mass is 31.2. The highest BCUT2D eigenvalue weighted by molar-refractivity contribution is 7.47. The molecule has 0 bridgehead atoms. The highest BCUT2D eigenvalue weighted by Gasteiger charge is 2.30. The predicted octanol–water partition coefficient (Wildman–Crippen LogP) is 17.0. The van der Waals surface area contributed by atoms with Crippen LogP contribution in [0.5, 0.6) is 0 Å². The number of rotatable bonds is 62. The quantitative estimate of drug-likeness (QED) is 0.0222. The molecule has 2 unspecified atom stereocenters. The topological polar surface area (TPSA) is 237 Å². The van der Waals surface area contributed by atoms with Crippen LogP contribution >= 0.6 is 15.6 Å². The van der Waals surface area contributed by atoms with Crippen molar-refractivity contribution in [3.05, 3.63) is 0 Å². The van der Waals surface area contributed by atoms with Crippen molar-refractivity contribution < 1.29 is 80.2 Å². The molecule has 0 aliphatic rings. The molecular formula is C62H120O17P2. The Labute approximate surface area is 492 Å². The van der Waals surface area contributed by atoms with Gasteiger partial charge in [-0.15, -0.1) is 0 Å². The van der Waals surface area contributed by atoms with Crippen LogP contribution in [0, 0.1) is 5.92 Å². The molecule has 3 N–H and O–H groups in total. The lowest BCUT2D eigenvalue weighted by atomic mass is 10.0. The highest BCUT2D eigenvalue weighted by Crippen LogP contribution is 2.45. The molecule has 0 heterocycles. The SMILES string of the molecule is CCCCCCCCCCCCCCCC(=O)OC[C@H](COP(=O)(O)OC[C@@H](O)COP(=O)(O)OC[C@@H](COC(=O)CCCCCCCCC)OC(=O)CCCCCCCCC)OC(=O)CCCCCCCCCCCCCC(C)C. The largest absolute Gasteiger partial charge is 0.472 e. The normalized spacial score (nSPS) is 14.3. The van der Waals surface area contributed by atoms with Gasteiger partial charge in [-0.05, 0) is 31.6 Å². The van der Waals surface area contributed by atoms with Crippen molar-refractivity contribution in [2.24, 2.45) is 5.92 Å². The second-order valence-electron chi connectivity index (χ2n) is 22.9. The summed E-state index contributed by atoms with van der Waals surface area (Å²) in [6.45, 7) is 7.10. The zero-order valence-electron chi connectivity index (χ0n) is 51.9. The summed E-state index contributed by atoms with van der Waals surface area (Å²) in [5, 5.41) is 10.5. The molecule has 0 saturated heterocycles. The van der Waals surface area contributed by atoms with Gasteiger partial charge in [0.2, 0.25) is 0 Å². The van der Waals surface area contributed by atoms with E-state index < -0.39 is 97.5 Å². The average Bonchev–Trinajstić information content (AvgIpc) is 3.43.